The van der Waals surface area contributed by atoms with E-state index >= 15 is 0 Å². The average molecular weight is 802 g/mol. The van der Waals surface area contributed by atoms with Crippen molar-refractivity contribution in [2.24, 2.45) is 5.16 Å². The molecule has 2 aliphatic rings. The lowest BCUT2D eigenvalue weighted by Crippen LogP contribution is -2.73. The van der Waals surface area contributed by atoms with Crippen molar-refractivity contribution in [1.29, 1.82) is 0 Å². The molecule has 7 rings (SSSR count). The maximum Gasteiger partial charge on any atom is 0.356 e. The van der Waals surface area contributed by atoms with Gasteiger partial charge in [0, 0.05) is 35.0 Å². The number of nitrogens with one attached hydrogen (secondary N) is 2. The van der Waals surface area contributed by atoms with Crippen LogP contribution in [0.1, 0.15) is 49.0 Å². The van der Waals surface area contributed by atoms with E-state index in [4.69, 9.17) is 14.6 Å². The van der Waals surface area contributed by atoms with Crippen LogP contribution in [0.5, 0.6) is 0 Å². The van der Waals surface area contributed by atoms with E-state index in [2.05, 4.69) is 57.2 Å². The molecule has 12 nitrogen and oxygen atoms in total. The molecule has 0 spiro atoms. The lowest BCUT2D eigenvalue weighted by Gasteiger charge is -2.50. The van der Waals surface area contributed by atoms with Gasteiger partial charge in [-0.05, 0) is 50.5 Å². The molecule has 57 heavy (non-hydrogen) atoms. The molecule has 292 valence electrons. The predicted octanol–water partition coefficient (Wildman–Crippen LogP) is 6.65. The van der Waals surface area contributed by atoms with Gasteiger partial charge >= 0.3 is 5.97 Å². The molecule has 1 fully saturated rings. The zero-order valence-corrected chi connectivity index (χ0v) is 33.8. The highest BCUT2D eigenvalue weighted by Gasteiger charge is 2.54. The molecule has 2 unspecified atom stereocenters. The quantitative estimate of drug-likeness (QED) is 0.0440. The fourth-order valence-corrected chi connectivity index (χ4v) is 8.87. The number of nitrogens with zero attached hydrogens (tertiary/aromatic N) is 5. The normalized spacial score (nSPS) is 17.2. The third-order valence-corrected chi connectivity index (χ3v) is 11.4. The molecule has 1 saturated heterocycles. The number of aromatic nitrogens is 3. The van der Waals surface area contributed by atoms with Crippen molar-refractivity contribution in [2.45, 2.75) is 57.5 Å². The van der Waals surface area contributed by atoms with Gasteiger partial charge in [-0.15, -0.1) is 23.1 Å². The number of aryl methyl sites for hydroxylation is 1. The summed E-state index contributed by atoms with van der Waals surface area (Å²) in [5.41, 5.74) is 1.67. The van der Waals surface area contributed by atoms with Crippen LogP contribution in [0.25, 0.3) is 0 Å². The molecule has 4 heterocycles. The first-order chi connectivity index (χ1) is 27.5. The molecule has 2 aromatic heterocycles. The summed E-state index contributed by atoms with van der Waals surface area (Å²) < 4.78 is 7.72. The summed E-state index contributed by atoms with van der Waals surface area (Å²) in [5, 5.41) is 12.9. The largest absolute Gasteiger partial charge is 0.455 e. The number of hydrogen-bond donors (Lipinski definition) is 2. The van der Waals surface area contributed by atoms with Crippen molar-refractivity contribution in [3.63, 3.8) is 0 Å². The van der Waals surface area contributed by atoms with Crippen LogP contribution < -0.4 is 10.6 Å². The molecule has 0 radical (unpaired) electrons. The minimum atomic E-state index is -0.915. The van der Waals surface area contributed by atoms with Gasteiger partial charge in [-0.25, -0.2) is 14.8 Å². The maximum absolute atomic E-state index is 14.0. The highest BCUT2D eigenvalue weighted by atomic mass is 32.2. The van der Waals surface area contributed by atoms with Gasteiger partial charge in [0.15, 0.2) is 10.8 Å². The van der Waals surface area contributed by atoms with Crippen LogP contribution in [0.2, 0.25) is 0 Å². The van der Waals surface area contributed by atoms with Crippen molar-refractivity contribution in [1.82, 2.24) is 24.8 Å². The number of esters is 1. The molecule has 0 bridgehead atoms. The zero-order chi connectivity index (χ0) is 40.2. The molecule has 0 saturated carbocycles. The molecule has 2 aliphatic heterocycles. The van der Waals surface area contributed by atoms with Crippen LogP contribution in [0.3, 0.4) is 0 Å². The van der Waals surface area contributed by atoms with E-state index in [9.17, 15) is 14.4 Å². The monoisotopic (exact) mass is 801 g/mol. The van der Waals surface area contributed by atoms with Crippen molar-refractivity contribution in [2.75, 3.05) is 18.2 Å². The van der Waals surface area contributed by atoms with Gasteiger partial charge in [0.2, 0.25) is 0 Å². The number of carbonyl (C=O) groups excluding carboxylic acids is 3. The van der Waals surface area contributed by atoms with Crippen LogP contribution in [-0.4, -0.2) is 73.5 Å². The number of amides is 2. The van der Waals surface area contributed by atoms with Crippen molar-refractivity contribution in [3.05, 3.63) is 160 Å². The van der Waals surface area contributed by atoms with Crippen LogP contribution in [0.15, 0.2) is 137 Å². The number of benzene rings is 3. The summed E-state index contributed by atoms with van der Waals surface area (Å²) in [6, 6.07) is 28.9. The summed E-state index contributed by atoms with van der Waals surface area (Å²) in [4.78, 5) is 57.8. The lowest BCUT2D eigenvalue weighted by molar-refractivity contribution is -0.160. The second-order valence-electron chi connectivity index (χ2n) is 14.4. The van der Waals surface area contributed by atoms with Gasteiger partial charge in [-0.2, -0.15) is 0 Å². The number of thiazole rings is 1. The Morgan fingerprint density at radius 2 is 1.58 bits per heavy atom. The first-order valence-corrected chi connectivity index (χ1v) is 20.3. The van der Waals surface area contributed by atoms with E-state index in [-0.39, 0.29) is 17.1 Å². The number of imidazole rings is 1. The van der Waals surface area contributed by atoms with Gasteiger partial charge in [-0.1, -0.05) is 102 Å². The Kier molecular flexibility index (Phi) is 11.4. The molecule has 3 aromatic carbocycles. The van der Waals surface area contributed by atoms with E-state index in [1.807, 2.05) is 84.4 Å². The van der Waals surface area contributed by atoms with Crippen LogP contribution in [0.4, 0.5) is 5.13 Å². The summed E-state index contributed by atoms with van der Waals surface area (Å²) in [6.45, 7) is 7.78. The van der Waals surface area contributed by atoms with E-state index in [0.29, 0.717) is 22.3 Å². The number of carbonyl (C=O) groups is 3. The summed E-state index contributed by atoms with van der Waals surface area (Å²) in [6.07, 6.45) is 7.34. The van der Waals surface area contributed by atoms with E-state index in [0.717, 1.165) is 22.5 Å². The maximum atomic E-state index is 14.0. The number of anilines is 1. The Morgan fingerprint density at radius 1 is 0.965 bits per heavy atom. The number of fused-ring (bicyclic) bond motifs is 1. The average Bonchev–Trinajstić information content (AvgIpc) is 3.86. The minimum Gasteiger partial charge on any atom is -0.455 e. The van der Waals surface area contributed by atoms with Crippen molar-refractivity contribution < 1.29 is 24.0 Å². The minimum absolute atomic E-state index is 0.0948. The highest BCUT2D eigenvalue weighted by molar-refractivity contribution is 8.03. The standard InChI is InChI=1S/C43H43N7O5S2/c1-28-44-23-25-49(28)24-15-22-34-37(40(53)55-42(2,3)4)50-33(27-56-34)36(39(50)52)46-38(51)35(48-54-5)32-26-57-41(45-32)47-43(29-16-9-6-10-17-29,30-18-11-7-12-19-30)31-20-13-8-14-21-31/h6-23,25-26,33,36H,24,27H2,1-5H3,(H,45,47)(H,46,51)/b22-15+,48-35?. The SMILES string of the molecule is CON=C(C(=O)NC1C(=O)N2C(C(=O)OC(C)(C)C)=C(/C=C/Cn3ccnc3C)SCC12)c1csc(NC(c2ccccc2)(c2ccccc2)c2ccccc2)n1. The first kappa shape index (κ1) is 39.3. The Hall–Kier alpha value is -5.99. The molecule has 2 atom stereocenters. The molecule has 2 amide bonds. The van der Waals surface area contributed by atoms with Crippen LogP contribution in [-0.2, 0) is 36.0 Å². The number of allylic oxidation sites excluding steroid dienone is 2. The molecule has 5 aromatic rings. The number of rotatable bonds is 13. The molecular formula is C43H43N7O5S2. The fourth-order valence-electron chi connectivity index (χ4n) is 6.92. The second kappa shape index (κ2) is 16.6. The smallest absolute Gasteiger partial charge is 0.356 e. The van der Waals surface area contributed by atoms with Gasteiger partial charge in [-0.3, -0.25) is 14.5 Å². The zero-order valence-electron chi connectivity index (χ0n) is 32.2. The molecular weight excluding hydrogens is 759 g/mol. The Labute approximate surface area is 339 Å². The lowest BCUT2D eigenvalue weighted by atomic mass is 9.77. The fraction of sp³-hybridized carbons (Fsp3) is 0.256. The van der Waals surface area contributed by atoms with Gasteiger partial charge in [0.25, 0.3) is 11.8 Å². The third-order valence-electron chi connectivity index (χ3n) is 9.54. The Bertz CT molecular complexity index is 2240. The van der Waals surface area contributed by atoms with Gasteiger partial charge in [0.05, 0.1) is 6.04 Å². The summed E-state index contributed by atoms with van der Waals surface area (Å²) in [5.74, 6) is -0.384. The van der Waals surface area contributed by atoms with Gasteiger partial charge < -0.3 is 24.8 Å². The highest BCUT2D eigenvalue weighted by Crippen LogP contribution is 2.42. The summed E-state index contributed by atoms with van der Waals surface area (Å²) in [7, 11) is 1.35. The summed E-state index contributed by atoms with van der Waals surface area (Å²) >= 11 is 2.75. The Balaban J connectivity index is 1.14. The number of thioether (sulfide) groups is 1. The predicted molar refractivity (Wildman–Crippen MR) is 222 cm³/mol. The van der Waals surface area contributed by atoms with E-state index in [1.165, 1.54) is 35.1 Å². The molecule has 14 heteroatoms. The Morgan fingerprint density at radius 3 is 2.12 bits per heavy atom. The number of ether oxygens (including phenoxy) is 1. The molecule has 2 N–H and O–H groups in total. The van der Waals surface area contributed by atoms with Crippen LogP contribution >= 0.6 is 23.1 Å². The third kappa shape index (κ3) is 8.14. The number of β-lactam (4-membered cyclic amide) rings is 1. The topological polar surface area (TPSA) is 140 Å². The van der Waals surface area contributed by atoms with Crippen molar-refractivity contribution in [3.8, 4) is 0 Å². The first-order valence-electron chi connectivity index (χ1n) is 18.4. The van der Waals surface area contributed by atoms with Crippen molar-refractivity contribution >= 4 is 51.7 Å². The van der Waals surface area contributed by atoms with E-state index < -0.39 is 41.0 Å². The second-order valence-corrected chi connectivity index (χ2v) is 16.3. The molecule has 0 aliphatic carbocycles. The van der Waals surface area contributed by atoms with E-state index in [1.54, 1.807) is 32.3 Å². The van der Waals surface area contributed by atoms with Gasteiger partial charge in [0.1, 0.15) is 41.5 Å². The number of oxime groups is 1. The van der Waals surface area contributed by atoms with Crippen LogP contribution in [0, 0.1) is 6.92 Å². The number of hydrogen-bond acceptors (Lipinski definition) is 11.